The van der Waals surface area contributed by atoms with Crippen LogP contribution in [-0.4, -0.2) is 15.3 Å². The van der Waals surface area contributed by atoms with Crippen molar-refractivity contribution in [3.8, 4) is 17.2 Å². The molecule has 1 aromatic carbocycles. The van der Waals surface area contributed by atoms with Gasteiger partial charge in [-0.2, -0.15) is 0 Å². The largest absolute Gasteiger partial charge is 0.508 e. The van der Waals surface area contributed by atoms with Gasteiger partial charge in [0.15, 0.2) is 0 Å². The molecule has 0 bridgehead atoms. The number of benzene rings is 1. The quantitative estimate of drug-likeness (QED) is 0.816. The third kappa shape index (κ3) is 1.98. The van der Waals surface area contributed by atoms with E-state index in [1.165, 1.54) is 0 Å². The first-order valence-electron chi connectivity index (χ1n) is 4.79. The van der Waals surface area contributed by atoms with Crippen LogP contribution in [0.15, 0.2) is 28.7 Å². The summed E-state index contributed by atoms with van der Waals surface area (Å²) < 4.78 is 5.47. The maximum absolute atomic E-state index is 9.13. The van der Waals surface area contributed by atoms with Crippen molar-refractivity contribution in [1.29, 1.82) is 0 Å². The first-order chi connectivity index (χ1) is 7.16. The molecule has 0 spiro atoms. The van der Waals surface area contributed by atoms with Crippen LogP contribution in [0.5, 0.6) is 5.75 Å². The van der Waals surface area contributed by atoms with Crippen LogP contribution in [0.2, 0.25) is 0 Å². The molecule has 0 aliphatic rings. The second-order valence-electron chi connectivity index (χ2n) is 3.65. The van der Waals surface area contributed by atoms with Gasteiger partial charge in [0.1, 0.15) is 5.75 Å². The number of aromatic hydroxyl groups is 1. The van der Waals surface area contributed by atoms with E-state index in [-0.39, 0.29) is 11.7 Å². The summed E-state index contributed by atoms with van der Waals surface area (Å²) in [5, 5.41) is 17.0. The van der Waals surface area contributed by atoms with Crippen LogP contribution in [0.4, 0.5) is 0 Å². The van der Waals surface area contributed by atoms with Crippen molar-refractivity contribution in [1.82, 2.24) is 10.2 Å². The van der Waals surface area contributed by atoms with Gasteiger partial charge in [-0.1, -0.05) is 13.8 Å². The van der Waals surface area contributed by atoms with Crippen molar-refractivity contribution in [2.75, 3.05) is 0 Å². The molecule has 0 atom stereocenters. The Morgan fingerprint density at radius 3 is 2.33 bits per heavy atom. The van der Waals surface area contributed by atoms with Gasteiger partial charge in [-0.05, 0) is 24.3 Å². The smallest absolute Gasteiger partial charge is 0.247 e. The van der Waals surface area contributed by atoms with Gasteiger partial charge < -0.3 is 9.52 Å². The molecule has 78 valence electrons. The first kappa shape index (κ1) is 9.71. The highest BCUT2D eigenvalue weighted by Gasteiger charge is 2.10. The molecule has 0 unspecified atom stereocenters. The summed E-state index contributed by atoms with van der Waals surface area (Å²) in [6, 6.07) is 6.67. The summed E-state index contributed by atoms with van der Waals surface area (Å²) >= 11 is 0. The molecule has 0 amide bonds. The van der Waals surface area contributed by atoms with Crippen LogP contribution >= 0.6 is 0 Å². The Hall–Kier alpha value is -1.84. The van der Waals surface area contributed by atoms with E-state index in [2.05, 4.69) is 10.2 Å². The molecule has 15 heavy (non-hydrogen) atoms. The normalized spacial score (nSPS) is 10.9. The molecule has 1 N–H and O–H groups in total. The predicted octanol–water partition coefficient (Wildman–Crippen LogP) is 2.57. The van der Waals surface area contributed by atoms with Gasteiger partial charge in [0.05, 0.1) is 0 Å². The fourth-order valence-electron chi connectivity index (χ4n) is 1.19. The zero-order chi connectivity index (χ0) is 10.8. The van der Waals surface area contributed by atoms with E-state index in [9.17, 15) is 0 Å². The summed E-state index contributed by atoms with van der Waals surface area (Å²) in [4.78, 5) is 0. The Labute approximate surface area is 87.6 Å². The Morgan fingerprint density at radius 1 is 1.13 bits per heavy atom. The van der Waals surface area contributed by atoms with E-state index in [0.717, 1.165) is 5.56 Å². The van der Waals surface area contributed by atoms with E-state index in [1.807, 2.05) is 13.8 Å². The Morgan fingerprint density at radius 2 is 1.80 bits per heavy atom. The summed E-state index contributed by atoms with van der Waals surface area (Å²) in [5.74, 6) is 1.56. The minimum atomic E-state index is 0.224. The minimum Gasteiger partial charge on any atom is -0.508 e. The molecule has 0 aliphatic heterocycles. The molecule has 2 aromatic rings. The maximum Gasteiger partial charge on any atom is 0.247 e. The van der Waals surface area contributed by atoms with Gasteiger partial charge in [0.2, 0.25) is 11.8 Å². The molecule has 2 rings (SSSR count). The summed E-state index contributed by atoms with van der Waals surface area (Å²) in [6.45, 7) is 3.99. The molecule has 0 saturated carbocycles. The minimum absolute atomic E-state index is 0.224. The lowest BCUT2D eigenvalue weighted by atomic mass is 10.2. The van der Waals surface area contributed by atoms with E-state index in [1.54, 1.807) is 24.3 Å². The lowest BCUT2D eigenvalue weighted by molar-refractivity contribution is 0.474. The second kappa shape index (κ2) is 3.73. The molecule has 4 heteroatoms. The van der Waals surface area contributed by atoms with Crippen LogP contribution in [0.3, 0.4) is 0 Å². The summed E-state index contributed by atoms with van der Waals surface area (Å²) in [5.41, 5.74) is 0.812. The van der Waals surface area contributed by atoms with Gasteiger partial charge in [-0.15, -0.1) is 10.2 Å². The standard InChI is InChI=1S/C11H12N2O2/c1-7(2)10-12-13-11(15-10)8-3-5-9(14)6-4-8/h3-7,14H,1-2H3. The number of rotatable bonds is 2. The van der Waals surface area contributed by atoms with Crippen molar-refractivity contribution < 1.29 is 9.52 Å². The van der Waals surface area contributed by atoms with Crippen LogP contribution in [0.1, 0.15) is 25.7 Å². The molecule has 1 aromatic heterocycles. The van der Waals surface area contributed by atoms with E-state index < -0.39 is 0 Å². The van der Waals surface area contributed by atoms with Crippen LogP contribution in [-0.2, 0) is 0 Å². The highest BCUT2D eigenvalue weighted by molar-refractivity contribution is 5.53. The van der Waals surface area contributed by atoms with Crippen molar-refractivity contribution in [2.24, 2.45) is 0 Å². The second-order valence-corrected chi connectivity index (χ2v) is 3.65. The van der Waals surface area contributed by atoms with Crippen molar-refractivity contribution in [2.45, 2.75) is 19.8 Å². The van der Waals surface area contributed by atoms with E-state index in [0.29, 0.717) is 11.8 Å². The third-order valence-electron chi connectivity index (χ3n) is 2.05. The zero-order valence-electron chi connectivity index (χ0n) is 8.64. The van der Waals surface area contributed by atoms with Crippen LogP contribution in [0, 0.1) is 0 Å². The number of phenolic OH excluding ortho intramolecular Hbond substituents is 1. The monoisotopic (exact) mass is 204 g/mol. The zero-order valence-corrected chi connectivity index (χ0v) is 8.64. The number of phenols is 1. The fourth-order valence-corrected chi connectivity index (χ4v) is 1.19. The van der Waals surface area contributed by atoms with Gasteiger partial charge in [0.25, 0.3) is 0 Å². The molecular weight excluding hydrogens is 192 g/mol. The Balaban J connectivity index is 2.33. The molecule has 0 fully saturated rings. The van der Waals surface area contributed by atoms with E-state index in [4.69, 9.17) is 9.52 Å². The average molecular weight is 204 g/mol. The third-order valence-corrected chi connectivity index (χ3v) is 2.05. The highest BCUT2D eigenvalue weighted by atomic mass is 16.4. The number of hydrogen-bond donors (Lipinski definition) is 1. The maximum atomic E-state index is 9.13. The van der Waals surface area contributed by atoms with E-state index >= 15 is 0 Å². The summed E-state index contributed by atoms with van der Waals surface area (Å²) in [7, 11) is 0. The predicted molar refractivity (Wildman–Crippen MR) is 55.5 cm³/mol. The van der Waals surface area contributed by atoms with Gasteiger partial charge in [0, 0.05) is 11.5 Å². The SMILES string of the molecule is CC(C)c1nnc(-c2ccc(O)cc2)o1. The average Bonchev–Trinajstić information content (AvgIpc) is 2.68. The Bertz CT molecular complexity index is 446. The molecule has 4 nitrogen and oxygen atoms in total. The number of aromatic nitrogens is 2. The fraction of sp³-hybridized carbons (Fsp3) is 0.273. The number of hydrogen-bond acceptors (Lipinski definition) is 4. The lowest BCUT2D eigenvalue weighted by Crippen LogP contribution is -1.85. The van der Waals surface area contributed by atoms with Crippen LogP contribution < -0.4 is 0 Å². The molecule has 1 heterocycles. The molecular formula is C11H12N2O2. The van der Waals surface area contributed by atoms with Crippen LogP contribution in [0.25, 0.3) is 11.5 Å². The van der Waals surface area contributed by atoms with Gasteiger partial charge in [-0.25, -0.2) is 0 Å². The molecule has 0 saturated heterocycles. The van der Waals surface area contributed by atoms with Crippen molar-refractivity contribution >= 4 is 0 Å². The van der Waals surface area contributed by atoms with Gasteiger partial charge in [-0.3, -0.25) is 0 Å². The lowest BCUT2D eigenvalue weighted by Gasteiger charge is -1.96. The first-order valence-corrected chi connectivity index (χ1v) is 4.79. The topological polar surface area (TPSA) is 59.2 Å². The molecule has 0 radical (unpaired) electrons. The highest BCUT2D eigenvalue weighted by Crippen LogP contribution is 2.22. The summed E-state index contributed by atoms with van der Waals surface area (Å²) in [6.07, 6.45) is 0. The number of nitrogens with zero attached hydrogens (tertiary/aromatic N) is 2. The molecule has 0 aliphatic carbocycles. The Kier molecular flexibility index (Phi) is 2.41. The van der Waals surface area contributed by atoms with Crippen molar-refractivity contribution in [3.05, 3.63) is 30.2 Å². The van der Waals surface area contributed by atoms with Gasteiger partial charge >= 0.3 is 0 Å². The van der Waals surface area contributed by atoms with Crippen molar-refractivity contribution in [3.63, 3.8) is 0 Å².